The van der Waals surface area contributed by atoms with E-state index in [0.29, 0.717) is 11.3 Å². The molecule has 0 aliphatic rings. The Kier molecular flexibility index (Phi) is 4.37. The average molecular weight is 287 g/mol. The number of carboxylic acid groups (broad SMARTS) is 1. The van der Waals surface area contributed by atoms with Crippen molar-refractivity contribution in [2.45, 2.75) is 19.9 Å². The molecule has 0 saturated heterocycles. The molecule has 1 amide bonds. The van der Waals surface area contributed by atoms with Gasteiger partial charge < -0.3 is 10.4 Å². The van der Waals surface area contributed by atoms with Gasteiger partial charge in [0.15, 0.2) is 0 Å². The number of nitrogens with one attached hydrogen (secondary N) is 2. The van der Waals surface area contributed by atoms with Crippen LogP contribution in [0.4, 0.5) is 0 Å². The fourth-order valence-corrected chi connectivity index (χ4v) is 1.91. The molecule has 0 saturated carbocycles. The molecule has 0 aliphatic carbocycles. The monoisotopic (exact) mass is 287 g/mol. The van der Waals surface area contributed by atoms with Crippen molar-refractivity contribution in [1.29, 1.82) is 0 Å². The van der Waals surface area contributed by atoms with E-state index in [1.54, 1.807) is 13.8 Å². The zero-order valence-electron chi connectivity index (χ0n) is 11.8. The normalized spacial score (nSPS) is 13.4. The number of aliphatic carboxylic acids is 1. The number of hydrogen-bond acceptors (Lipinski definition) is 3. The summed E-state index contributed by atoms with van der Waals surface area (Å²) in [5.41, 5.74) is 1.85. The fourth-order valence-electron chi connectivity index (χ4n) is 1.91. The van der Waals surface area contributed by atoms with Crippen LogP contribution >= 0.6 is 0 Å². The summed E-state index contributed by atoms with van der Waals surface area (Å²) in [6, 6.07) is 8.88. The summed E-state index contributed by atoms with van der Waals surface area (Å²) in [6.07, 6.45) is 1.44. The number of aromatic amines is 1. The third-order valence-electron chi connectivity index (χ3n) is 3.44. The minimum absolute atomic E-state index is 0.344. The molecule has 110 valence electrons. The van der Waals surface area contributed by atoms with Gasteiger partial charge in [-0.1, -0.05) is 30.3 Å². The summed E-state index contributed by atoms with van der Waals surface area (Å²) < 4.78 is 0. The molecule has 0 spiro atoms. The van der Waals surface area contributed by atoms with Crippen molar-refractivity contribution in [3.8, 4) is 11.3 Å². The van der Waals surface area contributed by atoms with Crippen molar-refractivity contribution < 1.29 is 14.7 Å². The Balaban J connectivity index is 2.18. The highest BCUT2D eigenvalue weighted by molar-refractivity contribution is 6.00. The molecule has 0 fully saturated rings. The van der Waals surface area contributed by atoms with Gasteiger partial charge in [0.25, 0.3) is 5.91 Å². The molecule has 0 bridgehead atoms. The topological polar surface area (TPSA) is 95.1 Å². The summed E-state index contributed by atoms with van der Waals surface area (Å²) in [6.45, 7) is 3.22. The molecular weight excluding hydrogens is 270 g/mol. The number of carboxylic acids is 1. The number of hydrogen-bond donors (Lipinski definition) is 3. The number of carbonyl (C=O) groups is 2. The minimum Gasteiger partial charge on any atom is -0.481 e. The van der Waals surface area contributed by atoms with E-state index >= 15 is 0 Å². The number of benzene rings is 1. The average Bonchev–Trinajstić information content (AvgIpc) is 2.96. The highest BCUT2D eigenvalue weighted by Crippen LogP contribution is 2.20. The Hall–Kier alpha value is -2.63. The van der Waals surface area contributed by atoms with Gasteiger partial charge >= 0.3 is 5.97 Å². The van der Waals surface area contributed by atoms with Gasteiger partial charge in [-0.15, -0.1) is 0 Å². The second-order valence-electron chi connectivity index (χ2n) is 4.91. The van der Waals surface area contributed by atoms with E-state index in [1.807, 2.05) is 30.3 Å². The van der Waals surface area contributed by atoms with Crippen molar-refractivity contribution in [2.24, 2.45) is 5.92 Å². The van der Waals surface area contributed by atoms with Crippen LogP contribution in [0, 0.1) is 5.92 Å². The second kappa shape index (κ2) is 6.21. The number of H-pyrrole nitrogens is 1. The standard InChI is InChI=1S/C15H17N3O3/c1-9(15(20)21)10(2)17-14(19)12-8-16-18-13(12)11-6-4-3-5-7-11/h3-10H,1-2H3,(H,16,18)(H,17,19)(H,20,21). The van der Waals surface area contributed by atoms with Gasteiger partial charge in [0.05, 0.1) is 23.4 Å². The van der Waals surface area contributed by atoms with Crippen LogP contribution in [0.2, 0.25) is 0 Å². The minimum atomic E-state index is -0.946. The van der Waals surface area contributed by atoms with Crippen molar-refractivity contribution in [1.82, 2.24) is 15.5 Å². The zero-order valence-corrected chi connectivity index (χ0v) is 11.8. The molecule has 1 aromatic heterocycles. The Morgan fingerprint density at radius 3 is 2.52 bits per heavy atom. The molecule has 2 aromatic rings. The van der Waals surface area contributed by atoms with Crippen LogP contribution in [0.5, 0.6) is 0 Å². The first-order valence-corrected chi connectivity index (χ1v) is 6.63. The Bertz CT molecular complexity index is 637. The Labute approximate surface area is 122 Å². The maximum Gasteiger partial charge on any atom is 0.308 e. The van der Waals surface area contributed by atoms with Crippen molar-refractivity contribution >= 4 is 11.9 Å². The van der Waals surface area contributed by atoms with Gasteiger partial charge in [-0.2, -0.15) is 5.10 Å². The molecular formula is C15H17N3O3. The summed E-state index contributed by atoms with van der Waals surface area (Å²) >= 11 is 0. The van der Waals surface area contributed by atoms with E-state index in [9.17, 15) is 9.59 Å². The molecule has 0 aliphatic heterocycles. The maximum atomic E-state index is 12.3. The lowest BCUT2D eigenvalue weighted by molar-refractivity contribution is -0.141. The molecule has 3 N–H and O–H groups in total. The first kappa shape index (κ1) is 14.8. The molecule has 2 rings (SSSR count). The number of nitrogens with zero attached hydrogens (tertiary/aromatic N) is 1. The molecule has 0 radical (unpaired) electrons. The van der Waals surface area contributed by atoms with Crippen LogP contribution in [0.15, 0.2) is 36.5 Å². The third kappa shape index (κ3) is 3.28. The molecule has 2 atom stereocenters. The van der Waals surface area contributed by atoms with E-state index in [1.165, 1.54) is 6.20 Å². The highest BCUT2D eigenvalue weighted by Gasteiger charge is 2.23. The number of aromatic nitrogens is 2. The third-order valence-corrected chi connectivity index (χ3v) is 3.44. The highest BCUT2D eigenvalue weighted by atomic mass is 16.4. The van der Waals surface area contributed by atoms with E-state index in [-0.39, 0.29) is 5.91 Å². The Morgan fingerprint density at radius 2 is 1.90 bits per heavy atom. The lowest BCUT2D eigenvalue weighted by Crippen LogP contribution is -2.40. The van der Waals surface area contributed by atoms with Crippen LogP contribution in [-0.2, 0) is 4.79 Å². The van der Waals surface area contributed by atoms with Crippen LogP contribution in [-0.4, -0.2) is 33.2 Å². The molecule has 21 heavy (non-hydrogen) atoms. The maximum absolute atomic E-state index is 12.3. The SMILES string of the molecule is CC(NC(=O)c1cn[nH]c1-c1ccccc1)C(C)C(=O)O. The summed E-state index contributed by atoms with van der Waals surface area (Å²) in [7, 11) is 0. The van der Waals surface area contributed by atoms with E-state index in [2.05, 4.69) is 15.5 Å². The van der Waals surface area contributed by atoms with Gasteiger partial charge in [-0.25, -0.2) is 0 Å². The van der Waals surface area contributed by atoms with Crippen molar-refractivity contribution in [2.75, 3.05) is 0 Å². The first-order chi connectivity index (χ1) is 10.0. The predicted molar refractivity (Wildman–Crippen MR) is 77.8 cm³/mol. The smallest absolute Gasteiger partial charge is 0.308 e. The summed E-state index contributed by atoms with van der Waals surface area (Å²) in [5, 5.41) is 18.4. The zero-order chi connectivity index (χ0) is 15.4. The van der Waals surface area contributed by atoms with E-state index in [0.717, 1.165) is 5.56 Å². The van der Waals surface area contributed by atoms with Gasteiger partial charge in [-0.05, 0) is 13.8 Å². The van der Waals surface area contributed by atoms with Gasteiger partial charge in [-0.3, -0.25) is 14.7 Å². The van der Waals surface area contributed by atoms with Gasteiger partial charge in [0.2, 0.25) is 0 Å². The lowest BCUT2D eigenvalue weighted by atomic mass is 10.0. The van der Waals surface area contributed by atoms with Crippen molar-refractivity contribution in [3.63, 3.8) is 0 Å². The summed E-state index contributed by atoms with van der Waals surface area (Å²) in [4.78, 5) is 23.2. The van der Waals surface area contributed by atoms with E-state index < -0.39 is 17.9 Å². The van der Waals surface area contributed by atoms with Crippen molar-refractivity contribution in [3.05, 3.63) is 42.1 Å². The van der Waals surface area contributed by atoms with Crippen LogP contribution in [0.3, 0.4) is 0 Å². The van der Waals surface area contributed by atoms with Crippen LogP contribution in [0.1, 0.15) is 24.2 Å². The van der Waals surface area contributed by atoms with E-state index in [4.69, 9.17) is 5.11 Å². The lowest BCUT2D eigenvalue weighted by Gasteiger charge is -2.17. The molecule has 1 heterocycles. The number of rotatable bonds is 5. The quantitative estimate of drug-likeness (QED) is 0.783. The molecule has 2 unspecified atom stereocenters. The molecule has 6 nitrogen and oxygen atoms in total. The van der Waals surface area contributed by atoms with Gasteiger partial charge in [0, 0.05) is 11.6 Å². The molecule has 1 aromatic carbocycles. The summed E-state index contributed by atoms with van der Waals surface area (Å²) in [5.74, 6) is -1.96. The number of carbonyl (C=O) groups excluding carboxylic acids is 1. The Morgan fingerprint density at radius 1 is 1.24 bits per heavy atom. The first-order valence-electron chi connectivity index (χ1n) is 6.63. The van der Waals surface area contributed by atoms with Crippen LogP contribution in [0.25, 0.3) is 11.3 Å². The predicted octanol–water partition coefficient (Wildman–Crippen LogP) is 1.92. The number of amides is 1. The molecule has 6 heteroatoms. The van der Waals surface area contributed by atoms with Gasteiger partial charge in [0.1, 0.15) is 0 Å². The fraction of sp³-hybridized carbons (Fsp3) is 0.267. The largest absolute Gasteiger partial charge is 0.481 e. The second-order valence-corrected chi connectivity index (χ2v) is 4.91. The van der Waals surface area contributed by atoms with Crippen LogP contribution < -0.4 is 5.32 Å².